The highest BCUT2D eigenvalue weighted by Crippen LogP contribution is 2.25. The van der Waals surface area contributed by atoms with Crippen LogP contribution in [0.1, 0.15) is 21.7 Å². The normalized spacial score (nSPS) is 10.5. The lowest BCUT2D eigenvalue weighted by Crippen LogP contribution is -2.11. The summed E-state index contributed by atoms with van der Waals surface area (Å²) < 4.78 is 6.20. The van der Waals surface area contributed by atoms with Gasteiger partial charge in [0.1, 0.15) is 6.07 Å². The number of pyridine rings is 1. The number of nitriles is 1. The minimum atomic E-state index is -0.660. The van der Waals surface area contributed by atoms with E-state index < -0.39 is 5.97 Å². The number of carbonyl (C=O) groups is 1. The highest BCUT2D eigenvalue weighted by Gasteiger charge is 2.21. The minimum Gasteiger partial charge on any atom is -0.464 e. The largest absolute Gasteiger partial charge is 0.464 e. The molecular weight excluding hydrogens is 308 g/mol. The standard InChI is InChI=1S/C17H14N4O3/c1-9-5-14(22)12-6-11(3-4-13(12)20-9)21-8-10(7-18)15(19)16(21)17(23)24-2/h3-6,8H,19H2,1-2H3,(H,20,22). The van der Waals surface area contributed by atoms with Gasteiger partial charge in [-0.25, -0.2) is 4.79 Å². The fourth-order valence-corrected chi connectivity index (χ4v) is 2.64. The number of hydrogen-bond donors (Lipinski definition) is 2. The number of benzene rings is 1. The van der Waals surface area contributed by atoms with Gasteiger partial charge >= 0.3 is 5.97 Å². The molecule has 120 valence electrons. The van der Waals surface area contributed by atoms with Crippen molar-refractivity contribution in [1.29, 1.82) is 5.26 Å². The molecule has 0 spiro atoms. The van der Waals surface area contributed by atoms with Gasteiger partial charge in [-0.15, -0.1) is 0 Å². The number of ether oxygens (including phenoxy) is 1. The lowest BCUT2D eigenvalue weighted by molar-refractivity contribution is 0.0593. The molecule has 0 saturated carbocycles. The van der Waals surface area contributed by atoms with E-state index >= 15 is 0 Å². The van der Waals surface area contributed by atoms with Crippen LogP contribution in [0.5, 0.6) is 0 Å². The summed E-state index contributed by atoms with van der Waals surface area (Å²) in [6.45, 7) is 1.80. The number of aromatic amines is 1. The Balaban J connectivity index is 2.30. The summed E-state index contributed by atoms with van der Waals surface area (Å²) in [5.41, 5.74) is 7.97. The summed E-state index contributed by atoms with van der Waals surface area (Å²) >= 11 is 0. The zero-order chi connectivity index (χ0) is 17.4. The molecule has 0 aliphatic heterocycles. The Morgan fingerprint density at radius 1 is 1.38 bits per heavy atom. The van der Waals surface area contributed by atoms with Crippen LogP contribution in [0.15, 0.2) is 35.3 Å². The van der Waals surface area contributed by atoms with Crippen LogP contribution in [0.4, 0.5) is 5.69 Å². The number of esters is 1. The minimum absolute atomic E-state index is 0.0438. The summed E-state index contributed by atoms with van der Waals surface area (Å²) in [4.78, 5) is 27.3. The van der Waals surface area contributed by atoms with Gasteiger partial charge in [-0.2, -0.15) is 5.26 Å². The van der Waals surface area contributed by atoms with E-state index in [0.717, 1.165) is 5.69 Å². The maximum Gasteiger partial charge on any atom is 0.357 e. The van der Waals surface area contributed by atoms with Crippen LogP contribution in [-0.2, 0) is 4.74 Å². The second kappa shape index (κ2) is 5.59. The molecule has 0 bridgehead atoms. The molecule has 2 heterocycles. The molecule has 0 aliphatic carbocycles. The van der Waals surface area contributed by atoms with E-state index in [4.69, 9.17) is 15.7 Å². The van der Waals surface area contributed by atoms with Crippen molar-refractivity contribution in [3.63, 3.8) is 0 Å². The number of anilines is 1. The van der Waals surface area contributed by atoms with Gasteiger partial charge in [0, 0.05) is 34.5 Å². The molecule has 0 fully saturated rings. The molecule has 0 radical (unpaired) electrons. The van der Waals surface area contributed by atoms with E-state index in [9.17, 15) is 9.59 Å². The second-order valence-electron chi connectivity index (χ2n) is 5.32. The molecule has 0 atom stereocenters. The zero-order valence-electron chi connectivity index (χ0n) is 13.1. The van der Waals surface area contributed by atoms with Gasteiger partial charge in [-0.05, 0) is 25.1 Å². The van der Waals surface area contributed by atoms with E-state index in [1.165, 1.54) is 23.9 Å². The quantitative estimate of drug-likeness (QED) is 0.699. The Morgan fingerprint density at radius 3 is 2.79 bits per heavy atom. The average Bonchev–Trinajstić information content (AvgIpc) is 2.90. The maximum atomic E-state index is 12.2. The highest BCUT2D eigenvalue weighted by atomic mass is 16.5. The molecule has 0 amide bonds. The van der Waals surface area contributed by atoms with Crippen LogP contribution in [0, 0.1) is 18.3 Å². The third-order valence-electron chi connectivity index (χ3n) is 3.77. The van der Waals surface area contributed by atoms with Crippen LogP contribution in [0.2, 0.25) is 0 Å². The lowest BCUT2D eigenvalue weighted by Gasteiger charge is -2.09. The van der Waals surface area contributed by atoms with Crippen LogP contribution < -0.4 is 11.2 Å². The SMILES string of the molecule is COC(=O)c1c(N)c(C#N)cn1-c1ccc2[nH]c(C)cc(=O)c2c1. The summed E-state index contributed by atoms with van der Waals surface area (Å²) in [7, 11) is 1.24. The first-order valence-electron chi connectivity index (χ1n) is 7.09. The molecule has 3 N–H and O–H groups in total. The van der Waals surface area contributed by atoms with Gasteiger partial charge in [0.25, 0.3) is 0 Å². The number of carbonyl (C=O) groups excluding carboxylic acids is 1. The number of rotatable bonds is 2. The van der Waals surface area contributed by atoms with Crippen molar-refractivity contribution in [2.45, 2.75) is 6.92 Å². The number of H-pyrrole nitrogens is 1. The number of nitrogen functional groups attached to an aromatic ring is 1. The zero-order valence-corrected chi connectivity index (χ0v) is 13.1. The number of hydrogen-bond acceptors (Lipinski definition) is 5. The Bertz CT molecular complexity index is 1070. The molecule has 7 heteroatoms. The van der Waals surface area contributed by atoms with Crippen molar-refractivity contribution in [3.8, 4) is 11.8 Å². The van der Waals surface area contributed by atoms with E-state index in [0.29, 0.717) is 16.6 Å². The predicted octanol–water partition coefficient (Wildman–Crippen LogP) is 1.87. The molecule has 3 rings (SSSR count). The van der Waals surface area contributed by atoms with Gasteiger partial charge < -0.3 is 20.0 Å². The van der Waals surface area contributed by atoms with E-state index in [1.807, 2.05) is 6.07 Å². The van der Waals surface area contributed by atoms with E-state index in [1.54, 1.807) is 25.1 Å². The van der Waals surface area contributed by atoms with Gasteiger partial charge in [0.05, 0.1) is 18.4 Å². The van der Waals surface area contributed by atoms with Crippen molar-refractivity contribution in [2.24, 2.45) is 0 Å². The van der Waals surface area contributed by atoms with Crippen molar-refractivity contribution < 1.29 is 9.53 Å². The van der Waals surface area contributed by atoms with E-state index in [2.05, 4.69) is 4.98 Å². The van der Waals surface area contributed by atoms with Crippen molar-refractivity contribution in [2.75, 3.05) is 12.8 Å². The fraction of sp³-hybridized carbons (Fsp3) is 0.118. The number of fused-ring (bicyclic) bond motifs is 1. The van der Waals surface area contributed by atoms with Gasteiger partial charge in [0.2, 0.25) is 0 Å². The number of methoxy groups -OCH3 is 1. The number of nitrogens with zero attached hydrogens (tertiary/aromatic N) is 2. The smallest absolute Gasteiger partial charge is 0.357 e. The topological polar surface area (TPSA) is 114 Å². The van der Waals surface area contributed by atoms with Gasteiger partial charge in [-0.3, -0.25) is 4.79 Å². The van der Waals surface area contributed by atoms with Crippen molar-refractivity contribution in [3.05, 3.63) is 57.6 Å². The monoisotopic (exact) mass is 322 g/mol. The van der Waals surface area contributed by atoms with Crippen molar-refractivity contribution in [1.82, 2.24) is 9.55 Å². The van der Waals surface area contributed by atoms with Crippen LogP contribution in [0.3, 0.4) is 0 Å². The molecular formula is C17H14N4O3. The molecule has 24 heavy (non-hydrogen) atoms. The molecule has 7 nitrogen and oxygen atoms in total. The predicted molar refractivity (Wildman–Crippen MR) is 89.1 cm³/mol. The first-order valence-corrected chi connectivity index (χ1v) is 7.09. The first kappa shape index (κ1) is 15.4. The highest BCUT2D eigenvalue weighted by molar-refractivity contribution is 5.96. The van der Waals surface area contributed by atoms with Gasteiger partial charge in [0.15, 0.2) is 11.1 Å². The fourth-order valence-electron chi connectivity index (χ4n) is 2.64. The third kappa shape index (κ3) is 2.30. The molecule has 1 aromatic carbocycles. The second-order valence-corrected chi connectivity index (χ2v) is 5.32. The Morgan fingerprint density at radius 2 is 2.12 bits per heavy atom. The average molecular weight is 322 g/mol. The third-order valence-corrected chi connectivity index (χ3v) is 3.77. The maximum absolute atomic E-state index is 12.2. The number of nitrogens with two attached hydrogens (primary N) is 1. The first-order chi connectivity index (χ1) is 11.5. The summed E-state index contributed by atoms with van der Waals surface area (Å²) in [6.07, 6.45) is 1.45. The molecule has 2 aromatic heterocycles. The molecule has 0 saturated heterocycles. The molecule has 3 aromatic rings. The van der Waals surface area contributed by atoms with Crippen LogP contribution >= 0.6 is 0 Å². The van der Waals surface area contributed by atoms with Crippen LogP contribution in [0.25, 0.3) is 16.6 Å². The Labute approximate surface area is 136 Å². The van der Waals surface area contributed by atoms with Gasteiger partial charge in [-0.1, -0.05) is 0 Å². The Kier molecular flexibility index (Phi) is 3.58. The lowest BCUT2D eigenvalue weighted by atomic mass is 10.1. The molecule has 0 aliphatic rings. The summed E-state index contributed by atoms with van der Waals surface area (Å²) in [6, 6.07) is 8.54. The number of aryl methyl sites for hydroxylation is 1. The Hall–Kier alpha value is -3.53. The molecule has 0 unspecified atom stereocenters. The summed E-state index contributed by atoms with van der Waals surface area (Å²) in [5.74, 6) is -0.660. The van der Waals surface area contributed by atoms with E-state index in [-0.39, 0.29) is 22.4 Å². The van der Waals surface area contributed by atoms with Crippen LogP contribution in [-0.4, -0.2) is 22.6 Å². The number of nitrogens with one attached hydrogen (secondary N) is 1. The van der Waals surface area contributed by atoms with Crippen molar-refractivity contribution >= 4 is 22.6 Å². The summed E-state index contributed by atoms with van der Waals surface area (Å²) in [5, 5.41) is 9.63. The number of aromatic nitrogens is 2.